The molecule has 0 radical (unpaired) electrons. The Hall–Kier alpha value is -4.19. The molecular formula is C28H25N3O3. The Morgan fingerprint density at radius 2 is 1.62 bits per heavy atom. The minimum Gasteiger partial charge on any atom is -0.497 e. The minimum absolute atomic E-state index is 0.119. The fraction of sp³-hybridized carbons (Fsp3) is 0.179. The van der Waals surface area contributed by atoms with Crippen LogP contribution in [0.5, 0.6) is 5.75 Å². The quantitative estimate of drug-likeness (QED) is 0.370. The van der Waals surface area contributed by atoms with E-state index in [9.17, 15) is 9.59 Å². The SMILES string of the molecule is COc1ccc(CCn2c(-c3ccccc3C)nc3c(c(=O)c4ccccc4n3C)c2=O)cc1. The highest BCUT2D eigenvalue weighted by molar-refractivity contribution is 5.92. The van der Waals surface area contributed by atoms with Crippen LogP contribution in [-0.2, 0) is 20.0 Å². The summed E-state index contributed by atoms with van der Waals surface area (Å²) in [4.78, 5) is 32.2. The van der Waals surface area contributed by atoms with Crippen molar-refractivity contribution in [1.29, 1.82) is 0 Å². The number of hydrogen-bond acceptors (Lipinski definition) is 4. The van der Waals surface area contributed by atoms with Gasteiger partial charge in [-0.05, 0) is 48.7 Å². The van der Waals surface area contributed by atoms with Crippen LogP contribution in [0.4, 0.5) is 0 Å². The molecule has 0 saturated heterocycles. The molecule has 6 heteroatoms. The van der Waals surface area contributed by atoms with E-state index in [1.54, 1.807) is 17.7 Å². The number of para-hydroxylation sites is 1. The van der Waals surface area contributed by atoms with Crippen molar-refractivity contribution in [2.24, 2.45) is 7.05 Å². The van der Waals surface area contributed by atoms with Gasteiger partial charge < -0.3 is 9.30 Å². The van der Waals surface area contributed by atoms with Crippen molar-refractivity contribution in [3.05, 3.63) is 105 Å². The van der Waals surface area contributed by atoms with E-state index in [0.717, 1.165) is 28.0 Å². The largest absolute Gasteiger partial charge is 0.497 e. The average molecular weight is 452 g/mol. The first kappa shape index (κ1) is 21.6. The first-order valence-electron chi connectivity index (χ1n) is 11.2. The summed E-state index contributed by atoms with van der Waals surface area (Å²) in [5, 5.41) is 0.634. The lowest BCUT2D eigenvalue weighted by molar-refractivity contribution is 0.414. The Kier molecular flexibility index (Phi) is 5.49. The summed E-state index contributed by atoms with van der Waals surface area (Å²) >= 11 is 0. The Balaban J connectivity index is 1.77. The van der Waals surface area contributed by atoms with Gasteiger partial charge in [0, 0.05) is 24.5 Å². The molecule has 0 spiro atoms. The van der Waals surface area contributed by atoms with Crippen LogP contribution in [0.1, 0.15) is 11.1 Å². The predicted octanol–water partition coefficient (Wildman–Crippen LogP) is 4.48. The van der Waals surface area contributed by atoms with Crippen LogP contribution in [-0.4, -0.2) is 21.2 Å². The third-order valence-corrected chi connectivity index (χ3v) is 6.37. The summed E-state index contributed by atoms with van der Waals surface area (Å²) in [7, 11) is 3.48. The fourth-order valence-electron chi connectivity index (χ4n) is 4.46. The van der Waals surface area contributed by atoms with Crippen LogP contribution in [0.15, 0.2) is 82.4 Å². The van der Waals surface area contributed by atoms with Crippen molar-refractivity contribution in [2.45, 2.75) is 19.9 Å². The molecule has 5 rings (SSSR count). The van der Waals surface area contributed by atoms with E-state index < -0.39 is 0 Å². The lowest BCUT2D eigenvalue weighted by Gasteiger charge is -2.17. The van der Waals surface area contributed by atoms with Gasteiger partial charge >= 0.3 is 0 Å². The minimum atomic E-state index is -0.317. The molecule has 0 unspecified atom stereocenters. The predicted molar refractivity (Wildman–Crippen MR) is 136 cm³/mol. The topological polar surface area (TPSA) is 66.1 Å². The van der Waals surface area contributed by atoms with Crippen molar-refractivity contribution in [3.63, 3.8) is 0 Å². The van der Waals surface area contributed by atoms with Crippen molar-refractivity contribution < 1.29 is 4.74 Å². The molecule has 0 aliphatic rings. The molecule has 0 amide bonds. The van der Waals surface area contributed by atoms with Gasteiger partial charge in [0.05, 0.1) is 12.6 Å². The number of fused-ring (bicyclic) bond motifs is 2. The zero-order valence-corrected chi connectivity index (χ0v) is 19.4. The molecule has 2 heterocycles. The van der Waals surface area contributed by atoms with Gasteiger partial charge in [0.25, 0.3) is 5.56 Å². The van der Waals surface area contributed by atoms with Crippen LogP contribution in [0.3, 0.4) is 0 Å². The molecular weight excluding hydrogens is 426 g/mol. The van der Waals surface area contributed by atoms with E-state index in [1.807, 2.05) is 85.3 Å². The van der Waals surface area contributed by atoms with E-state index in [1.165, 1.54) is 0 Å². The molecule has 0 saturated carbocycles. The molecule has 5 aromatic rings. The molecule has 0 aliphatic heterocycles. The van der Waals surface area contributed by atoms with Crippen molar-refractivity contribution in [3.8, 4) is 17.1 Å². The van der Waals surface area contributed by atoms with Gasteiger partial charge in [-0.2, -0.15) is 0 Å². The van der Waals surface area contributed by atoms with E-state index in [4.69, 9.17) is 9.72 Å². The van der Waals surface area contributed by atoms with Crippen LogP contribution >= 0.6 is 0 Å². The van der Waals surface area contributed by atoms with E-state index >= 15 is 0 Å². The number of hydrogen-bond donors (Lipinski definition) is 0. The number of benzene rings is 3. The molecule has 0 atom stereocenters. The summed E-state index contributed by atoms with van der Waals surface area (Å²) < 4.78 is 8.73. The summed E-state index contributed by atoms with van der Waals surface area (Å²) in [6.07, 6.45) is 0.615. The number of aryl methyl sites for hydroxylation is 3. The zero-order valence-electron chi connectivity index (χ0n) is 19.4. The molecule has 0 fully saturated rings. The zero-order chi connectivity index (χ0) is 23.8. The van der Waals surface area contributed by atoms with E-state index in [2.05, 4.69) is 0 Å². The van der Waals surface area contributed by atoms with Crippen molar-refractivity contribution >= 4 is 21.9 Å². The monoisotopic (exact) mass is 451 g/mol. The lowest BCUT2D eigenvalue weighted by atomic mass is 10.1. The normalized spacial score (nSPS) is 11.3. The summed E-state index contributed by atoms with van der Waals surface area (Å²) in [6, 6.07) is 23.0. The second kappa shape index (κ2) is 8.63. The molecule has 6 nitrogen and oxygen atoms in total. The lowest BCUT2D eigenvalue weighted by Crippen LogP contribution is -2.30. The van der Waals surface area contributed by atoms with Gasteiger partial charge in [-0.1, -0.05) is 48.5 Å². The number of aromatic nitrogens is 3. The Bertz CT molecular complexity index is 1650. The summed E-state index contributed by atoms with van der Waals surface area (Å²) in [5.41, 5.74) is 3.50. The average Bonchev–Trinajstić information content (AvgIpc) is 2.87. The number of ether oxygens (including phenoxy) is 1. The van der Waals surface area contributed by atoms with E-state index in [0.29, 0.717) is 29.8 Å². The fourth-order valence-corrected chi connectivity index (χ4v) is 4.46. The molecule has 0 bridgehead atoms. The third kappa shape index (κ3) is 3.57. The van der Waals surface area contributed by atoms with Crippen LogP contribution in [0.25, 0.3) is 33.3 Å². The number of nitrogens with zero attached hydrogens (tertiary/aromatic N) is 3. The third-order valence-electron chi connectivity index (χ3n) is 6.37. The summed E-state index contributed by atoms with van der Waals surface area (Å²) in [5.74, 6) is 1.35. The molecule has 170 valence electrons. The second-order valence-corrected chi connectivity index (χ2v) is 8.41. The molecule has 0 aliphatic carbocycles. The standard InChI is InChI=1S/C28H25N3O3/c1-18-8-4-5-9-21(18)26-29-27-24(25(32)22-10-6-7-11-23(22)30(27)2)28(33)31(26)17-16-19-12-14-20(34-3)15-13-19/h4-15H,16-17H2,1-3H3. The summed E-state index contributed by atoms with van der Waals surface area (Å²) in [6.45, 7) is 2.40. The number of rotatable bonds is 5. The van der Waals surface area contributed by atoms with Gasteiger partial charge in [-0.15, -0.1) is 0 Å². The van der Waals surface area contributed by atoms with Gasteiger partial charge in [0.1, 0.15) is 17.0 Å². The first-order chi connectivity index (χ1) is 16.5. The molecule has 0 N–H and O–H groups in total. The maximum absolute atomic E-state index is 13.9. The van der Waals surface area contributed by atoms with Crippen molar-refractivity contribution in [2.75, 3.05) is 7.11 Å². The molecule has 2 aromatic heterocycles. The van der Waals surface area contributed by atoms with Crippen LogP contribution < -0.4 is 15.7 Å². The highest BCUT2D eigenvalue weighted by Crippen LogP contribution is 2.24. The molecule has 34 heavy (non-hydrogen) atoms. The smallest absolute Gasteiger partial charge is 0.267 e. The highest BCUT2D eigenvalue weighted by atomic mass is 16.5. The van der Waals surface area contributed by atoms with E-state index in [-0.39, 0.29) is 16.4 Å². The second-order valence-electron chi connectivity index (χ2n) is 8.41. The first-order valence-corrected chi connectivity index (χ1v) is 11.2. The number of pyridine rings is 1. The van der Waals surface area contributed by atoms with Gasteiger partial charge in [0.2, 0.25) is 5.43 Å². The van der Waals surface area contributed by atoms with Gasteiger partial charge in [-0.25, -0.2) is 4.98 Å². The maximum Gasteiger partial charge on any atom is 0.267 e. The maximum atomic E-state index is 13.9. The van der Waals surface area contributed by atoms with Crippen LogP contribution in [0.2, 0.25) is 0 Å². The van der Waals surface area contributed by atoms with Crippen LogP contribution in [0, 0.1) is 6.92 Å². The number of methoxy groups -OCH3 is 1. The Morgan fingerprint density at radius 3 is 2.35 bits per heavy atom. The molecule has 3 aromatic carbocycles. The Morgan fingerprint density at radius 1 is 0.912 bits per heavy atom. The van der Waals surface area contributed by atoms with Gasteiger partial charge in [0.15, 0.2) is 5.65 Å². The van der Waals surface area contributed by atoms with Crippen molar-refractivity contribution in [1.82, 2.24) is 14.1 Å². The van der Waals surface area contributed by atoms with Gasteiger partial charge in [-0.3, -0.25) is 14.2 Å². The Labute approximate surface area is 196 Å². The highest BCUT2D eigenvalue weighted by Gasteiger charge is 2.19.